The summed E-state index contributed by atoms with van der Waals surface area (Å²) >= 11 is 0. The molecular formula is C14H22N4O. The van der Waals surface area contributed by atoms with Crippen LogP contribution in [0.5, 0.6) is 0 Å². The van der Waals surface area contributed by atoms with Crippen LogP contribution in [0.4, 0.5) is 5.69 Å². The molecule has 5 nitrogen and oxygen atoms in total. The minimum Gasteiger partial charge on any atom is -0.397 e. The summed E-state index contributed by atoms with van der Waals surface area (Å²) in [7, 11) is 2.16. The maximum absolute atomic E-state index is 11.9. The third kappa shape index (κ3) is 3.92. The first-order valence-corrected chi connectivity index (χ1v) is 6.83. The lowest BCUT2D eigenvalue weighted by Crippen LogP contribution is -2.32. The Morgan fingerprint density at radius 1 is 1.53 bits per heavy atom. The number of nitrogen functional groups attached to an aromatic ring is 1. The van der Waals surface area contributed by atoms with Gasteiger partial charge in [-0.15, -0.1) is 0 Å². The van der Waals surface area contributed by atoms with Gasteiger partial charge in [0.05, 0.1) is 17.4 Å². The Morgan fingerprint density at radius 3 is 2.95 bits per heavy atom. The molecule has 0 spiro atoms. The fourth-order valence-electron chi connectivity index (χ4n) is 2.45. The average Bonchev–Trinajstić information content (AvgIpc) is 2.41. The van der Waals surface area contributed by atoms with Crippen LogP contribution in [0.3, 0.4) is 0 Å². The summed E-state index contributed by atoms with van der Waals surface area (Å²) in [5.74, 6) is 0.624. The maximum atomic E-state index is 11.9. The van der Waals surface area contributed by atoms with Crippen LogP contribution in [0.2, 0.25) is 0 Å². The lowest BCUT2D eigenvalue weighted by Gasteiger charge is -2.28. The van der Waals surface area contributed by atoms with Crippen LogP contribution >= 0.6 is 0 Å². The van der Waals surface area contributed by atoms with Crippen molar-refractivity contribution in [3.63, 3.8) is 0 Å². The number of hydrogen-bond donors (Lipinski definition) is 2. The second-order valence-electron chi connectivity index (χ2n) is 5.25. The van der Waals surface area contributed by atoms with E-state index in [2.05, 4.69) is 22.2 Å². The van der Waals surface area contributed by atoms with Crippen LogP contribution in [-0.2, 0) is 0 Å². The van der Waals surface area contributed by atoms with Crippen LogP contribution in [0.25, 0.3) is 0 Å². The lowest BCUT2D eigenvalue weighted by atomic mass is 9.94. The molecule has 0 aliphatic carbocycles. The molecule has 0 radical (unpaired) electrons. The van der Waals surface area contributed by atoms with Gasteiger partial charge in [-0.2, -0.15) is 0 Å². The topological polar surface area (TPSA) is 71.2 Å². The molecule has 1 aliphatic heterocycles. The SMILES string of the molecule is CN1CCC(CCNC(=O)c2ccncc2N)CC1. The molecule has 1 fully saturated rings. The standard InChI is InChI=1S/C14H22N4O/c1-18-8-4-11(5-9-18)2-7-17-14(19)12-3-6-16-10-13(12)15/h3,6,10-11H,2,4-5,7-9,15H2,1H3,(H,17,19). The van der Waals surface area contributed by atoms with Crippen LogP contribution in [-0.4, -0.2) is 42.5 Å². The smallest absolute Gasteiger partial charge is 0.253 e. The molecule has 0 unspecified atom stereocenters. The minimum atomic E-state index is -0.104. The highest BCUT2D eigenvalue weighted by Gasteiger charge is 2.16. The number of likely N-dealkylation sites (tertiary alicyclic amines) is 1. The number of nitrogens with two attached hydrogens (primary N) is 1. The highest BCUT2D eigenvalue weighted by Crippen LogP contribution is 2.18. The number of amides is 1. The van der Waals surface area contributed by atoms with E-state index in [4.69, 9.17) is 5.73 Å². The number of rotatable bonds is 4. The van der Waals surface area contributed by atoms with Gasteiger partial charge in [0.15, 0.2) is 0 Å². The van der Waals surface area contributed by atoms with E-state index in [1.807, 2.05) is 0 Å². The average molecular weight is 262 g/mol. The fraction of sp³-hybridized carbons (Fsp3) is 0.571. The number of anilines is 1. The van der Waals surface area contributed by atoms with Crippen molar-refractivity contribution in [1.29, 1.82) is 0 Å². The summed E-state index contributed by atoms with van der Waals surface area (Å²) in [5.41, 5.74) is 6.66. The molecule has 104 valence electrons. The van der Waals surface area contributed by atoms with Gasteiger partial charge in [0.1, 0.15) is 0 Å². The van der Waals surface area contributed by atoms with E-state index in [1.165, 1.54) is 19.0 Å². The fourth-order valence-corrected chi connectivity index (χ4v) is 2.45. The largest absolute Gasteiger partial charge is 0.397 e. The molecule has 19 heavy (non-hydrogen) atoms. The first-order valence-electron chi connectivity index (χ1n) is 6.83. The number of aromatic nitrogens is 1. The third-order valence-electron chi connectivity index (χ3n) is 3.77. The Hall–Kier alpha value is -1.62. The number of nitrogens with one attached hydrogen (secondary N) is 1. The van der Waals surface area contributed by atoms with Crippen LogP contribution < -0.4 is 11.1 Å². The summed E-state index contributed by atoms with van der Waals surface area (Å²) in [6, 6.07) is 1.65. The molecule has 0 aromatic carbocycles. The number of carbonyl (C=O) groups excluding carboxylic acids is 1. The first-order chi connectivity index (χ1) is 9.16. The molecule has 1 saturated heterocycles. The highest BCUT2D eigenvalue weighted by atomic mass is 16.1. The second-order valence-corrected chi connectivity index (χ2v) is 5.25. The van der Waals surface area contributed by atoms with E-state index in [-0.39, 0.29) is 5.91 Å². The summed E-state index contributed by atoms with van der Waals surface area (Å²) in [6.07, 6.45) is 6.59. The molecule has 0 bridgehead atoms. The quantitative estimate of drug-likeness (QED) is 0.853. The van der Waals surface area contributed by atoms with Gasteiger partial charge in [0.25, 0.3) is 5.91 Å². The van der Waals surface area contributed by atoms with Gasteiger partial charge in [-0.25, -0.2) is 0 Å². The van der Waals surface area contributed by atoms with Gasteiger partial charge in [0, 0.05) is 12.7 Å². The van der Waals surface area contributed by atoms with Crippen LogP contribution in [0, 0.1) is 5.92 Å². The Morgan fingerprint density at radius 2 is 2.26 bits per heavy atom. The number of nitrogens with zero attached hydrogens (tertiary/aromatic N) is 2. The molecule has 1 aromatic heterocycles. The first kappa shape index (κ1) is 13.8. The number of piperidine rings is 1. The van der Waals surface area contributed by atoms with Crippen molar-refractivity contribution in [1.82, 2.24) is 15.2 Å². The molecule has 1 amide bonds. The normalized spacial score (nSPS) is 17.3. The van der Waals surface area contributed by atoms with E-state index in [9.17, 15) is 4.79 Å². The Kier molecular flexibility index (Phi) is 4.74. The van der Waals surface area contributed by atoms with Crippen molar-refractivity contribution in [3.8, 4) is 0 Å². The molecule has 2 heterocycles. The summed E-state index contributed by atoms with van der Waals surface area (Å²) < 4.78 is 0. The molecule has 2 rings (SSSR count). The van der Waals surface area contributed by atoms with Crippen molar-refractivity contribution in [3.05, 3.63) is 24.0 Å². The van der Waals surface area contributed by atoms with Gasteiger partial charge in [-0.1, -0.05) is 0 Å². The van der Waals surface area contributed by atoms with Crippen molar-refractivity contribution in [2.75, 3.05) is 32.4 Å². The van der Waals surface area contributed by atoms with E-state index in [1.54, 1.807) is 12.3 Å². The van der Waals surface area contributed by atoms with E-state index in [0.29, 0.717) is 11.3 Å². The molecule has 0 saturated carbocycles. The van der Waals surface area contributed by atoms with Gasteiger partial charge < -0.3 is 16.0 Å². The van der Waals surface area contributed by atoms with Crippen molar-refractivity contribution >= 4 is 11.6 Å². The molecule has 5 heteroatoms. The lowest BCUT2D eigenvalue weighted by molar-refractivity contribution is 0.0949. The minimum absolute atomic E-state index is 0.104. The van der Waals surface area contributed by atoms with E-state index >= 15 is 0 Å². The van der Waals surface area contributed by atoms with Gasteiger partial charge in [-0.05, 0) is 51.4 Å². The van der Waals surface area contributed by atoms with Crippen molar-refractivity contribution < 1.29 is 4.79 Å². The summed E-state index contributed by atoms with van der Waals surface area (Å²) in [5, 5.41) is 2.94. The zero-order chi connectivity index (χ0) is 13.7. The van der Waals surface area contributed by atoms with Gasteiger partial charge >= 0.3 is 0 Å². The monoisotopic (exact) mass is 262 g/mol. The highest BCUT2D eigenvalue weighted by molar-refractivity contribution is 5.98. The summed E-state index contributed by atoms with van der Waals surface area (Å²) in [4.78, 5) is 18.2. The predicted molar refractivity (Wildman–Crippen MR) is 75.8 cm³/mol. The maximum Gasteiger partial charge on any atom is 0.253 e. The number of pyridine rings is 1. The number of hydrogen-bond acceptors (Lipinski definition) is 4. The van der Waals surface area contributed by atoms with Crippen LogP contribution in [0.1, 0.15) is 29.6 Å². The van der Waals surface area contributed by atoms with E-state index < -0.39 is 0 Å². The van der Waals surface area contributed by atoms with E-state index in [0.717, 1.165) is 32.0 Å². The van der Waals surface area contributed by atoms with Gasteiger partial charge in [-0.3, -0.25) is 9.78 Å². The Labute approximate surface area is 114 Å². The Bertz CT molecular complexity index is 427. The van der Waals surface area contributed by atoms with Crippen LogP contribution in [0.15, 0.2) is 18.5 Å². The summed E-state index contributed by atoms with van der Waals surface area (Å²) in [6.45, 7) is 3.04. The van der Waals surface area contributed by atoms with Gasteiger partial charge in [0.2, 0.25) is 0 Å². The zero-order valence-corrected chi connectivity index (χ0v) is 11.4. The van der Waals surface area contributed by atoms with Crippen molar-refractivity contribution in [2.24, 2.45) is 5.92 Å². The third-order valence-corrected chi connectivity index (χ3v) is 3.77. The number of carbonyl (C=O) groups is 1. The Balaban J connectivity index is 1.74. The van der Waals surface area contributed by atoms with Crippen molar-refractivity contribution in [2.45, 2.75) is 19.3 Å². The molecule has 3 N–H and O–H groups in total. The molecular weight excluding hydrogens is 240 g/mol. The molecule has 1 aliphatic rings. The zero-order valence-electron chi connectivity index (χ0n) is 11.4. The predicted octanol–water partition coefficient (Wildman–Crippen LogP) is 1.13. The molecule has 1 aromatic rings. The molecule has 0 atom stereocenters. The second kappa shape index (κ2) is 6.52.